The average molecular weight is 88.0 g/mol. The van der Waals surface area contributed by atoms with Gasteiger partial charge < -0.3 is 0 Å². The summed E-state index contributed by atoms with van der Waals surface area (Å²) < 4.78 is 0. The van der Waals surface area contributed by atoms with Gasteiger partial charge in [0.05, 0.1) is 0 Å². The lowest BCUT2D eigenvalue weighted by Crippen LogP contribution is -1.21. The van der Waals surface area contributed by atoms with Crippen molar-refractivity contribution in [2.24, 2.45) is 0 Å². The van der Waals surface area contributed by atoms with Crippen molar-refractivity contribution >= 4 is 15.2 Å². The van der Waals surface area contributed by atoms with Crippen LogP contribution in [0.4, 0.5) is 0 Å². The molecule has 0 aromatic heterocycles. The Labute approximate surface area is 27.0 Å². The lowest BCUT2D eigenvalue weighted by molar-refractivity contribution is 1.73. The molecule has 0 spiro atoms. The third-order valence-corrected chi connectivity index (χ3v) is 10.2. The Morgan fingerprint density at radius 3 is 1.25 bits per heavy atom. The minimum absolute atomic E-state index is 0.944. The molecule has 0 aromatic carbocycles. The van der Waals surface area contributed by atoms with Crippen LogP contribution >= 0.6 is 15.2 Å². The summed E-state index contributed by atoms with van der Waals surface area (Å²) in [5, 5.41) is 2.93. The summed E-state index contributed by atoms with van der Waals surface area (Å²) >= 11 is 0. The molecular weight excluding hydrogens is 86.0 g/mol. The fraction of sp³-hybridized carbons (Fsp3) is 1.00. The molecule has 0 nitrogen and oxygen atoms in total. The van der Waals surface area contributed by atoms with Crippen LogP contribution in [0.5, 0.6) is 0 Å². The van der Waals surface area contributed by atoms with Gasteiger partial charge in [-0.15, -0.1) is 0 Å². The van der Waals surface area contributed by atoms with E-state index in [0.717, 1.165) is 15.2 Å². The third-order valence-electron chi connectivity index (χ3n) is 1.33. The summed E-state index contributed by atoms with van der Waals surface area (Å²) in [7, 11) is 1.89. The van der Waals surface area contributed by atoms with Crippen molar-refractivity contribution in [3.8, 4) is 0 Å². The highest BCUT2D eigenvalue weighted by atomic mass is 32.2. The molecule has 4 rings (SSSR count). The van der Waals surface area contributed by atoms with Crippen molar-refractivity contribution in [2.75, 3.05) is 0 Å². The van der Waals surface area contributed by atoms with Gasteiger partial charge in [-0.1, -0.05) is 15.2 Å². The van der Waals surface area contributed by atoms with Crippen molar-refractivity contribution in [3.05, 3.63) is 0 Å². The molecule has 0 amide bonds. The zero-order valence-electron chi connectivity index (χ0n) is 2.05. The molecule has 4 heavy (non-hydrogen) atoms. The molecular formula is C2H2P2. The molecule has 4 aliphatic heterocycles. The van der Waals surface area contributed by atoms with Gasteiger partial charge in [0.2, 0.25) is 0 Å². The maximum atomic E-state index is 1.46. The van der Waals surface area contributed by atoms with E-state index in [4.69, 9.17) is 0 Å². The molecule has 20 valence electrons. The second-order valence-corrected chi connectivity index (χ2v) is 8.92. The molecule has 0 unspecified atom stereocenters. The van der Waals surface area contributed by atoms with E-state index in [2.05, 4.69) is 0 Å². The van der Waals surface area contributed by atoms with Crippen LogP contribution in [0.3, 0.4) is 0 Å². The van der Waals surface area contributed by atoms with Crippen LogP contribution in [-0.2, 0) is 0 Å². The van der Waals surface area contributed by atoms with Gasteiger partial charge in [0.15, 0.2) is 0 Å². The third kappa shape index (κ3) is 0.0348. The molecule has 0 N–H and O–H groups in total. The minimum atomic E-state index is 0.944. The van der Waals surface area contributed by atoms with Crippen LogP contribution in [0.25, 0.3) is 0 Å². The quantitative estimate of drug-likeness (QED) is 0.394. The molecule has 0 radical (unpaired) electrons. The maximum Gasteiger partial charge on any atom is 0.0198 e. The van der Waals surface area contributed by atoms with Gasteiger partial charge in [-0.3, -0.25) is 0 Å². The standard InChI is InChI=1S/C2H2P2/c1-2-3(1)4(1)2/h1-2H. The normalized spacial score (nSPS) is 108. The highest BCUT2D eigenvalue weighted by molar-refractivity contribution is 8.72. The van der Waals surface area contributed by atoms with E-state index in [1.54, 1.807) is 0 Å². The number of rotatable bonds is 0. The second kappa shape index (κ2) is 0.191. The molecule has 0 aliphatic carbocycles. The lowest BCUT2D eigenvalue weighted by atomic mass is 11.0. The zero-order valence-corrected chi connectivity index (χ0v) is 3.84. The molecule has 4 fully saturated rings. The first-order valence-corrected chi connectivity index (χ1v) is 5.23. The van der Waals surface area contributed by atoms with Gasteiger partial charge in [0.25, 0.3) is 0 Å². The van der Waals surface area contributed by atoms with Gasteiger partial charge in [0.1, 0.15) is 0 Å². The monoisotopic (exact) mass is 88.0 g/mol. The van der Waals surface area contributed by atoms with E-state index in [0.29, 0.717) is 0 Å². The van der Waals surface area contributed by atoms with Gasteiger partial charge in [0, 0.05) is 10.8 Å². The molecule has 4 aliphatic rings. The summed E-state index contributed by atoms with van der Waals surface area (Å²) in [5.74, 6) is 0. The van der Waals surface area contributed by atoms with Crippen molar-refractivity contribution < 1.29 is 0 Å². The minimum Gasteiger partial charge on any atom is -0.0617 e. The highest BCUT2D eigenvalue weighted by Crippen LogP contribution is 3.40. The topological polar surface area (TPSA) is 0 Å². The number of hydrogen-bond donors (Lipinski definition) is 0. The Hall–Kier alpha value is 0.860. The fourth-order valence-corrected chi connectivity index (χ4v) is 8.71. The van der Waals surface area contributed by atoms with Crippen LogP contribution in [0.2, 0.25) is 0 Å². The van der Waals surface area contributed by atoms with Crippen LogP contribution in [0, 0.1) is 0 Å². The molecule has 2 heteroatoms. The van der Waals surface area contributed by atoms with E-state index < -0.39 is 0 Å². The molecule has 0 aromatic rings. The molecule has 0 atom stereocenters. The predicted molar refractivity (Wildman–Crippen MR) is 21.4 cm³/mol. The summed E-state index contributed by atoms with van der Waals surface area (Å²) in [6, 6.07) is 0. The molecule has 4 saturated heterocycles. The Bertz CT molecular complexity index is 47.0. The summed E-state index contributed by atoms with van der Waals surface area (Å²) in [5.41, 5.74) is 0. The van der Waals surface area contributed by atoms with Crippen molar-refractivity contribution in [2.45, 2.75) is 10.8 Å². The average Bonchev–Trinajstić information content (AvgIpc) is 1.71. The van der Waals surface area contributed by atoms with Gasteiger partial charge in [-0.05, 0) is 0 Å². The second-order valence-electron chi connectivity index (χ2n) is 1.59. The Morgan fingerprint density at radius 2 is 1.25 bits per heavy atom. The van der Waals surface area contributed by atoms with Crippen molar-refractivity contribution in [3.63, 3.8) is 0 Å². The smallest absolute Gasteiger partial charge is 0.0198 e. The lowest BCUT2D eigenvalue weighted by Gasteiger charge is -1.06. The first-order valence-electron chi connectivity index (χ1n) is 1.57. The molecule has 4 heterocycles. The van der Waals surface area contributed by atoms with Crippen LogP contribution in [0.1, 0.15) is 0 Å². The molecule has 0 bridgehead atoms. The highest BCUT2D eigenvalue weighted by Gasteiger charge is 2.98. The predicted octanol–water partition coefficient (Wildman–Crippen LogP) is 1.56. The maximum absolute atomic E-state index is 1.46. The van der Waals surface area contributed by atoms with Gasteiger partial charge >= 0.3 is 0 Å². The van der Waals surface area contributed by atoms with Crippen LogP contribution < -0.4 is 0 Å². The van der Waals surface area contributed by atoms with Crippen LogP contribution in [-0.4, -0.2) is 10.8 Å². The summed E-state index contributed by atoms with van der Waals surface area (Å²) in [4.78, 5) is 0. The fourth-order valence-electron chi connectivity index (χ4n) is 0.610. The van der Waals surface area contributed by atoms with Gasteiger partial charge in [-0.25, -0.2) is 0 Å². The Morgan fingerprint density at radius 1 is 1.00 bits per heavy atom. The SMILES string of the molecule is C12C3P1P23. The largest absolute Gasteiger partial charge is 0.0617 e. The summed E-state index contributed by atoms with van der Waals surface area (Å²) in [6.45, 7) is 0. The van der Waals surface area contributed by atoms with Crippen LogP contribution in [0.15, 0.2) is 0 Å². The van der Waals surface area contributed by atoms with E-state index in [-0.39, 0.29) is 0 Å². The van der Waals surface area contributed by atoms with E-state index >= 15 is 0 Å². The Kier molecular flexibility index (Phi) is 0.0734. The first-order chi connectivity index (χ1) is 2.00. The number of hydrogen-bond acceptors (Lipinski definition) is 0. The van der Waals surface area contributed by atoms with Crippen molar-refractivity contribution in [1.29, 1.82) is 0 Å². The van der Waals surface area contributed by atoms with E-state index in [1.807, 2.05) is 0 Å². The first kappa shape index (κ1) is 1.54. The molecule has 0 saturated carbocycles. The van der Waals surface area contributed by atoms with Gasteiger partial charge in [-0.2, -0.15) is 0 Å². The van der Waals surface area contributed by atoms with Crippen molar-refractivity contribution in [1.82, 2.24) is 0 Å². The summed E-state index contributed by atoms with van der Waals surface area (Å²) in [6.07, 6.45) is 0. The Balaban J connectivity index is 3.00. The van der Waals surface area contributed by atoms with E-state index in [9.17, 15) is 0 Å². The zero-order chi connectivity index (χ0) is 2.31. The van der Waals surface area contributed by atoms with E-state index in [1.165, 1.54) is 10.8 Å².